The van der Waals surface area contributed by atoms with Crippen molar-refractivity contribution in [3.8, 4) is 0 Å². The van der Waals surface area contributed by atoms with Crippen molar-refractivity contribution >= 4 is 34.7 Å². The zero-order valence-corrected chi connectivity index (χ0v) is 12.1. The van der Waals surface area contributed by atoms with Gasteiger partial charge in [-0.25, -0.2) is 9.78 Å². The largest absolute Gasteiger partial charge is 0.323 e. The van der Waals surface area contributed by atoms with Gasteiger partial charge >= 0.3 is 6.03 Å². The van der Waals surface area contributed by atoms with Crippen molar-refractivity contribution in [2.45, 2.75) is 6.92 Å². The van der Waals surface area contributed by atoms with Gasteiger partial charge in [0.1, 0.15) is 5.65 Å². The van der Waals surface area contributed by atoms with E-state index in [2.05, 4.69) is 15.6 Å². The lowest BCUT2D eigenvalue weighted by atomic mass is 10.3. The van der Waals surface area contributed by atoms with Gasteiger partial charge in [-0.15, -0.1) is 0 Å². The first-order valence-corrected chi connectivity index (χ1v) is 6.77. The molecular formula is C15H13ClN4O. The number of rotatable bonds is 2. The van der Waals surface area contributed by atoms with Gasteiger partial charge in [-0.05, 0) is 37.3 Å². The highest BCUT2D eigenvalue weighted by molar-refractivity contribution is 6.30. The molecule has 0 aliphatic rings. The van der Waals surface area contributed by atoms with Crippen LogP contribution in [-0.2, 0) is 0 Å². The van der Waals surface area contributed by atoms with Crippen molar-refractivity contribution in [3.63, 3.8) is 0 Å². The van der Waals surface area contributed by atoms with E-state index in [4.69, 9.17) is 11.6 Å². The zero-order valence-electron chi connectivity index (χ0n) is 11.3. The van der Waals surface area contributed by atoms with Gasteiger partial charge in [0.15, 0.2) is 0 Å². The van der Waals surface area contributed by atoms with Crippen LogP contribution in [0.2, 0.25) is 5.02 Å². The summed E-state index contributed by atoms with van der Waals surface area (Å²) in [5.41, 5.74) is 3.11. The first-order chi connectivity index (χ1) is 10.1. The predicted octanol–water partition coefficient (Wildman–Crippen LogP) is 3.94. The standard InChI is InChI=1S/C15H13ClN4O/c1-10-13(5-6-14-17-7-8-20(10)14)19-15(21)18-12-4-2-3-11(16)9-12/h2-9H,1H3,(H2,18,19,21). The molecule has 106 valence electrons. The number of nitrogens with zero attached hydrogens (tertiary/aromatic N) is 2. The smallest absolute Gasteiger partial charge is 0.308 e. The first kappa shape index (κ1) is 13.5. The Bertz CT molecular complexity index is 812. The van der Waals surface area contributed by atoms with Crippen LogP contribution in [0.4, 0.5) is 16.2 Å². The minimum Gasteiger partial charge on any atom is -0.308 e. The summed E-state index contributed by atoms with van der Waals surface area (Å²) < 4.78 is 1.91. The van der Waals surface area contributed by atoms with Gasteiger partial charge in [0.05, 0.1) is 5.69 Å². The number of hydrogen-bond acceptors (Lipinski definition) is 2. The Labute approximate surface area is 126 Å². The SMILES string of the molecule is Cc1c(NC(=O)Nc2cccc(Cl)c2)ccc2nccn12. The highest BCUT2D eigenvalue weighted by Gasteiger charge is 2.08. The van der Waals surface area contributed by atoms with Crippen molar-refractivity contribution < 1.29 is 4.79 Å². The molecule has 1 aromatic carbocycles. The third-order valence-electron chi connectivity index (χ3n) is 3.15. The molecule has 0 radical (unpaired) electrons. The second-order valence-electron chi connectivity index (χ2n) is 4.58. The lowest BCUT2D eigenvalue weighted by molar-refractivity contribution is 0.262. The van der Waals surface area contributed by atoms with E-state index in [1.165, 1.54) is 0 Å². The Morgan fingerprint density at radius 2 is 2.10 bits per heavy atom. The Morgan fingerprint density at radius 1 is 1.24 bits per heavy atom. The van der Waals surface area contributed by atoms with Crippen LogP contribution in [-0.4, -0.2) is 15.4 Å². The van der Waals surface area contributed by atoms with Crippen LogP contribution >= 0.6 is 11.6 Å². The average molecular weight is 301 g/mol. The van der Waals surface area contributed by atoms with Gasteiger partial charge in [-0.3, -0.25) is 0 Å². The summed E-state index contributed by atoms with van der Waals surface area (Å²) >= 11 is 5.88. The third kappa shape index (κ3) is 2.83. The summed E-state index contributed by atoms with van der Waals surface area (Å²) in [6.07, 6.45) is 3.57. The molecule has 0 unspecified atom stereocenters. The van der Waals surface area contributed by atoms with Crippen molar-refractivity contribution in [1.29, 1.82) is 0 Å². The number of anilines is 2. The quantitative estimate of drug-likeness (QED) is 0.753. The molecule has 3 aromatic rings. The number of hydrogen-bond donors (Lipinski definition) is 2. The molecule has 6 heteroatoms. The number of fused-ring (bicyclic) bond motifs is 1. The van der Waals surface area contributed by atoms with E-state index in [1.54, 1.807) is 30.5 Å². The van der Waals surface area contributed by atoms with Gasteiger partial charge in [-0.1, -0.05) is 17.7 Å². The van der Waals surface area contributed by atoms with Gasteiger partial charge in [0.25, 0.3) is 0 Å². The fourth-order valence-corrected chi connectivity index (χ4v) is 2.30. The zero-order chi connectivity index (χ0) is 14.8. The van der Waals surface area contributed by atoms with Gasteiger partial charge in [0.2, 0.25) is 0 Å². The maximum atomic E-state index is 12.0. The molecule has 0 bridgehead atoms. The Morgan fingerprint density at radius 3 is 2.90 bits per heavy atom. The number of halogens is 1. The molecule has 0 spiro atoms. The highest BCUT2D eigenvalue weighted by atomic mass is 35.5. The monoisotopic (exact) mass is 300 g/mol. The van der Waals surface area contributed by atoms with E-state index in [-0.39, 0.29) is 6.03 Å². The first-order valence-electron chi connectivity index (χ1n) is 6.40. The van der Waals surface area contributed by atoms with Crippen molar-refractivity contribution in [3.05, 3.63) is 59.5 Å². The van der Waals surface area contributed by atoms with Crippen LogP contribution in [0.3, 0.4) is 0 Å². The fraction of sp³-hybridized carbons (Fsp3) is 0.0667. The molecule has 0 fully saturated rings. The number of imidazole rings is 1. The fourth-order valence-electron chi connectivity index (χ4n) is 2.11. The molecule has 5 nitrogen and oxygen atoms in total. The summed E-state index contributed by atoms with van der Waals surface area (Å²) in [5.74, 6) is 0. The van der Waals surface area contributed by atoms with Crippen molar-refractivity contribution in [1.82, 2.24) is 9.38 Å². The van der Waals surface area contributed by atoms with Crippen molar-refractivity contribution in [2.75, 3.05) is 10.6 Å². The minimum atomic E-state index is -0.320. The topological polar surface area (TPSA) is 58.4 Å². The van der Waals surface area contributed by atoms with E-state index >= 15 is 0 Å². The molecular weight excluding hydrogens is 288 g/mol. The summed E-state index contributed by atoms with van der Waals surface area (Å²) in [7, 11) is 0. The molecule has 2 N–H and O–H groups in total. The molecule has 21 heavy (non-hydrogen) atoms. The second kappa shape index (κ2) is 5.46. The summed E-state index contributed by atoms with van der Waals surface area (Å²) in [6.45, 7) is 1.92. The Kier molecular flexibility index (Phi) is 3.50. The summed E-state index contributed by atoms with van der Waals surface area (Å²) in [5, 5.41) is 6.13. The lowest BCUT2D eigenvalue weighted by Gasteiger charge is -2.11. The number of carbonyl (C=O) groups excluding carboxylic acids is 1. The van der Waals surface area contributed by atoms with E-state index < -0.39 is 0 Å². The normalized spacial score (nSPS) is 10.6. The lowest BCUT2D eigenvalue weighted by Crippen LogP contribution is -2.20. The minimum absolute atomic E-state index is 0.320. The summed E-state index contributed by atoms with van der Waals surface area (Å²) in [6, 6.07) is 10.4. The molecule has 2 aromatic heterocycles. The van der Waals surface area contributed by atoms with Gasteiger partial charge in [-0.2, -0.15) is 0 Å². The summed E-state index contributed by atoms with van der Waals surface area (Å²) in [4.78, 5) is 16.2. The van der Waals surface area contributed by atoms with Crippen LogP contribution in [0.25, 0.3) is 5.65 Å². The third-order valence-corrected chi connectivity index (χ3v) is 3.39. The van der Waals surface area contributed by atoms with Crippen LogP contribution in [0.15, 0.2) is 48.8 Å². The maximum absolute atomic E-state index is 12.0. The highest BCUT2D eigenvalue weighted by Crippen LogP contribution is 2.18. The average Bonchev–Trinajstić information content (AvgIpc) is 2.91. The predicted molar refractivity (Wildman–Crippen MR) is 84.0 cm³/mol. The van der Waals surface area contributed by atoms with Crippen molar-refractivity contribution in [2.24, 2.45) is 0 Å². The number of aryl methyl sites for hydroxylation is 1. The van der Waals surface area contributed by atoms with Gasteiger partial charge in [0, 0.05) is 28.8 Å². The number of nitrogens with one attached hydrogen (secondary N) is 2. The molecule has 3 rings (SSSR count). The van der Waals surface area contributed by atoms with E-state index in [0.29, 0.717) is 10.7 Å². The van der Waals surface area contributed by atoms with E-state index in [9.17, 15) is 4.79 Å². The Balaban J connectivity index is 1.78. The molecule has 0 aliphatic heterocycles. The molecule has 0 saturated heterocycles. The van der Waals surface area contributed by atoms with Crippen LogP contribution in [0, 0.1) is 6.92 Å². The Hall–Kier alpha value is -2.53. The van der Waals surface area contributed by atoms with E-state index in [0.717, 1.165) is 17.0 Å². The number of pyridine rings is 1. The number of benzene rings is 1. The molecule has 2 amide bonds. The number of urea groups is 1. The molecule has 0 atom stereocenters. The molecule has 0 saturated carbocycles. The van der Waals surface area contributed by atoms with E-state index in [1.807, 2.05) is 29.7 Å². The van der Waals surface area contributed by atoms with Crippen LogP contribution < -0.4 is 10.6 Å². The van der Waals surface area contributed by atoms with Crippen LogP contribution in [0.5, 0.6) is 0 Å². The maximum Gasteiger partial charge on any atom is 0.323 e. The molecule has 2 heterocycles. The van der Waals surface area contributed by atoms with Gasteiger partial charge < -0.3 is 15.0 Å². The number of amides is 2. The number of aromatic nitrogens is 2. The number of carbonyl (C=O) groups is 1. The molecule has 0 aliphatic carbocycles. The van der Waals surface area contributed by atoms with Crippen LogP contribution in [0.1, 0.15) is 5.69 Å². The second-order valence-corrected chi connectivity index (χ2v) is 5.01.